The maximum atomic E-state index is 10.4. The molecule has 162 valence electrons. The van der Waals surface area contributed by atoms with Crippen molar-refractivity contribution >= 4 is 27.8 Å². The van der Waals surface area contributed by atoms with Gasteiger partial charge in [0.15, 0.2) is 0 Å². The Morgan fingerprint density at radius 3 is 2.29 bits per heavy atom. The van der Waals surface area contributed by atoms with Gasteiger partial charge in [0.1, 0.15) is 11.6 Å². The number of aromatic nitrogens is 4. The van der Waals surface area contributed by atoms with E-state index in [0.717, 1.165) is 46.5 Å². The Morgan fingerprint density at radius 2 is 1.58 bits per heavy atom. The van der Waals surface area contributed by atoms with Gasteiger partial charge in [0, 0.05) is 48.9 Å². The van der Waals surface area contributed by atoms with Crippen molar-refractivity contribution in [1.82, 2.24) is 19.7 Å². The van der Waals surface area contributed by atoms with Gasteiger partial charge in [-0.2, -0.15) is 5.10 Å². The molecule has 1 saturated heterocycles. The average Bonchev–Trinajstić information content (AvgIpc) is 3.34. The van der Waals surface area contributed by atoms with Crippen LogP contribution in [-0.4, -0.2) is 43.5 Å². The Balaban J connectivity index is 0.000000418. The van der Waals surface area contributed by atoms with E-state index in [4.69, 9.17) is 15.7 Å². The lowest BCUT2D eigenvalue weighted by atomic mass is 10.1. The van der Waals surface area contributed by atoms with Crippen molar-refractivity contribution in [2.24, 2.45) is 12.8 Å². The van der Waals surface area contributed by atoms with Crippen molar-refractivity contribution in [2.45, 2.75) is 39.2 Å². The third-order valence-electron chi connectivity index (χ3n) is 4.97. The molecule has 0 spiro atoms. The van der Waals surface area contributed by atoms with E-state index in [9.17, 15) is 5.11 Å². The van der Waals surface area contributed by atoms with Gasteiger partial charge < -0.3 is 15.7 Å². The van der Waals surface area contributed by atoms with Crippen LogP contribution in [0.5, 0.6) is 5.75 Å². The molecule has 7 heteroatoms. The fourth-order valence-electron chi connectivity index (χ4n) is 3.66. The molecule has 1 fully saturated rings. The number of phenolic OH excluding ortho intramolecular Hbond substituents is 1. The summed E-state index contributed by atoms with van der Waals surface area (Å²) in [5.74, 6) is 1.20. The van der Waals surface area contributed by atoms with Gasteiger partial charge in [-0.25, -0.2) is 9.97 Å². The zero-order chi connectivity index (χ0) is 22.2. The predicted octanol–water partition coefficient (Wildman–Crippen LogP) is 4.23. The van der Waals surface area contributed by atoms with Gasteiger partial charge in [-0.15, -0.1) is 0 Å². The Kier molecular flexibility index (Phi) is 5.54. The quantitative estimate of drug-likeness (QED) is 0.506. The summed E-state index contributed by atoms with van der Waals surface area (Å²) in [5, 5.41) is 15.7. The van der Waals surface area contributed by atoms with Crippen molar-refractivity contribution in [3.8, 4) is 17.0 Å². The van der Waals surface area contributed by atoms with E-state index in [1.165, 1.54) is 12.8 Å². The first-order valence-corrected chi connectivity index (χ1v) is 10.7. The third kappa shape index (κ3) is 4.94. The number of rotatable bonds is 2. The van der Waals surface area contributed by atoms with Gasteiger partial charge in [0.2, 0.25) is 0 Å². The van der Waals surface area contributed by atoms with Crippen LogP contribution >= 0.6 is 0 Å². The Morgan fingerprint density at radius 1 is 0.935 bits per heavy atom. The fourth-order valence-corrected chi connectivity index (χ4v) is 3.66. The number of phenols is 1. The van der Waals surface area contributed by atoms with Crippen molar-refractivity contribution in [3.63, 3.8) is 0 Å². The molecule has 7 nitrogen and oxygen atoms in total. The third-order valence-corrected chi connectivity index (χ3v) is 4.97. The maximum Gasteiger partial charge on any atom is 0.129 e. The topological polar surface area (TPSA) is 93.1 Å². The summed E-state index contributed by atoms with van der Waals surface area (Å²) in [6, 6.07) is 11.6. The SMILES string of the molecule is CC(C)(C)N.Cn1cc2cc(-c3ccc4nc(N5CCCC5)ccc4n3)c(O)cc2n1. The second-order valence-electron chi connectivity index (χ2n) is 9.20. The summed E-state index contributed by atoms with van der Waals surface area (Å²) in [6.45, 7) is 8.04. The Bertz CT molecular complexity index is 1210. The number of aromatic hydroxyl groups is 1. The monoisotopic (exact) mass is 418 g/mol. The maximum absolute atomic E-state index is 10.4. The van der Waals surface area contributed by atoms with Crippen molar-refractivity contribution in [3.05, 3.63) is 42.6 Å². The molecule has 0 unspecified atom stereocenters. The van der Waals surface area contributed by atoms with Gasteiger partial charge in [0.25, 0.3) is 0 Å². The molecule has 0 aliphatic carbocycles. The van der Waals surface area contributed by atoms with Crippen molar-refractivity contribution < 1.29 is 5.11 Å². The largest absolute Gasteiger partial charge is 0.507 e. The van der Waals surface area contributed by atoms with Crippen LogP contribution in [-0.2, 0) is 7.05 Å². The molecule has 3 aromatic heterocycles. The lowest BCUT2D eigenvalue weighted by Gasteiger charge is -2.16. The van der Waals surface area contributed by atoms with Crippen LogP contribution in [0.3, 0.4) is 0 Å². The highest BCUT2D eigenvalue weighted by Crippen LogP contribution is 2.33. The van der Waals surface area contributed by atoms with Crippen LogP contribution in [0.15, 0.2) is 42.6 Å². The van der Waals surface area contributed by atoms with E-state index in [1.807, 2.05) is 64.3 Å². The minimum atomic E-state index is 0. The van der Waals surface area contributed by atoms with E-state index in [1.54, 1.807) is 10.7 Å². The zero-order valence-electron chi connectivity index (χ0n) is 18.6. The van der Waals surface area contributed by atoms with E-state index >= 15 is 0 Å². The van der Waals surface area contributed by atoms with Crippen molar-refractivity contribution in [2.75, 3.05) is 18.0 Å². The summed E-state index contributed by atoms with van der Waals surface area (Å²) in [7, 11) is 1.87. The van der Waals surface area contributed by atoms with E-state index in [-0.39, 0.29) is 11.3 Å². The summed E-state index contributed by atoms with van der Waals surface area (Å²) < 4.78 is 1.74. The highest BCUT2D eigenvalue weighted by molar-refractivity contribution is 5.88. The van der Waals surface area contributed by atoms with E-state index < -0.39 is 0 Å². The van der Waals surface area contributed by atoms with Gasteiger partial charge in [-0.05, 0) is 63.9 Å². The number of pyridine rings is 2. The number of anilines is 1. The molecule has 5 rings (SSSR count). The standard InChI is InChI=1S/C20H19N5O.C4H11N/c1-24-12-13-10-14(19(26)11-18(13)23-24)15-4-5-17-16(21-15)6-7-20(22-17)25-8-2-3-9-25;1-4(2,3)5/h4-7,10-12,26H,2-3,8-9H2,1H3;5H2,1-3H3. The number of nitrogens with two attached hydrogens (primary N) is 1. The molecule has 4 heterocycles. The molecular formula is C24H30N6O. The Hall–Kier alpha value is -3.19. The van der Waals surface area contributed by atoms with Crippen LogP contribution in [0.2, 0.25) is 0 Å². The van der Waals surface area contributed by atoms with Crippen molar-refractivity contribution in [1.29, 1.82) is 0 Å². The molecule has 1 aliphatic heterocycles. The number of benzene rings is 1. The first-order chi connectivity index (χ1) is 14.7. The molecule has 0 bridgehead atoms. The van der Waals surface area contributed by atoms with Gasteiger partial charge in [0.05, 0.1) is 22.2 Å². The number of hydrogen-bond acceptors (Lipinski definition) is 6. The lowest BCUT2D eigenvalue weighted by Crippen LogP contribution is -2.26. The lowest BCUT2D eigenvalue weighted by molar-refractivity contribution is 0.478. The number of nitrogens with zero attached hydrogens (tertiary/aromatic N) is 5. The van der Waals surface area contributed by atoms with Gasteiger partial charge in [-0.3, -0.25) is 4.68 Å². The van der Waals surface area contributed by atoms with Crippen LogP contribution in [0.25, 0.3) is 33.2 Å². The summed E-state index contributed by atoms with van der Waals surface area (Å²) >= 11 is 0. The molecule has 1 aliphatic rings. The first-order valence-electron chi connectivity index (χ1n) is 10.7. The van der Waals surface area contributed by atoms with Crippen LogP contribution in [0.1, 0.15) is 33.6 Å². The molecule has 0 radical (unpaired) electrons. The number of aryl methyl sites for hydroxylation is 1. The molecule has 1 aromatic carbocycles. The number of fused-ring (bicyclic) bond motifs is 2. The fraction of sp³-hybridized carbons (Fsp3) is 0.375. The summed E-state index contributed by atoms with van der Waals surface area (Å²) in [5.41, 5.74) is 9.27. The molecular weight excluding hydrogens is 388 g/mol. The molecule has 3 N–H and O–H groups in total. The van der Waals surface area contributed by atoms with Gasteiger partial charge >= 0.3 is 0 Å². The van der Waals surface area contributed by atoms with Crippen LogP contribution < -0.4 is 10.6 Å². The van der Waals surface area contributed by atoms with E-state index in [2.05, 4.69) is 10.00 Å². The predicted molar refractivity (Wildman–Crippen MR) is 126 cm³/mol. The van der Waals surface area contributed by atoms with Gasteiger partial charge in [-0.1, -0.05) is 0 Å². The minimum Gasteiger partial charge on any atom is -0.507 e. The highest BCUT2D eigenvalue weighted by atomic mass is 16.3. The van der Waals surface area contributed by atoms with Crippen LogP contribution in [0, 0.1) is 0 Å². The molecule has 4 aromatic rings. The normalized spacial score (nSPS) is 14.2. The number of hydrogen-bond donors (Lipinski definition) is 2. The highest BCUT2D eigenvalue weighted by Gasteiger charge is 2.15. The molecule has 0 saturated carbocycles. The summed E-state index contributed by atoms with van der Waals surface area (Å²) in [4.78, 5) is 11.8. The van der Waals surface area contributed by atoms with E-state index in [0.29, 0.717) is 5.56 Å². The average molecular weight is 419 g/mol. The zero-order valence-corrected chi connectivity index (χ0v) is 18.6. The second kappa shape index (κ2) is 8.15. The smallest absolute Gasteiger partial charge is 0.129 e. The first kappa shape index (κ1) is 21.1. The van der Waals surface area contributed by atoms with Crippen LogP contribution in [0.4, 0.5) is 5.82 Å². The molecule has 0 atom stereocenters. The molecule has 0 amide bonds. The second-order valence-corrected chi connectivity index (χ2v) is 9.20. The summed E-state index contributed by atoms with van der Waals surface area (Å²) in [6.07, 6.45) is 4.39. The Labute approximate surface area is 182 Å². The minimum absolute atomic E-state index is 0. The molecule has 31 heavy (non-hydrogen) atoms.